The molecule has 12 nitrogen and oxygen atoms in total. The summed E-state index contributed by atoms with van der Waals surface area (Å²) >= 11 is 0. The molecule has 2 rings (SSSR count). The van der Waals surface area contributed by atoms with Gasteiger partial charge in [0.25, 0.3) is 0 Å². The molecule has 2 aromatic rings. The van der Waals surface area contributed by atoms with Gasteiger partial charge in [-0.25, -0.2) is 19.4 Å². The molecule has 0 fully saturated rings. The zero-order valence-corrected chi connectivity index (χ0v) is 22.1. The lowest BCUT2D eigenvalue weighted by molar-refractivity contribution is -0.146. The van der Waals surface area contributed by atoms with Crippen molar-refractivity contribution in [1.82, 2.24) is 15.6 Å². The summed E-state index contributed by atoms with van der Waals surface area (Å²) in [7, 11) is 1.15. The van der Waals surface area contributed by atoms with Crippen LogP contribution in [0.2, 0.25) is 0 Å². The van der Waals surface area contributed by atoms with Crippen molar-refractivity contribution in [1.29, 1.82) is 0 Å². The zero-order chi connectivity index (χ0) is 28.5. The lowest BCUT2D eigenvalue weighted by atomic mass is 10.1. The van der Waals surface area contributed by atoms with Gasteiger partial charge in [0.1, 0.15) is 18.9 Å². The number of benzene rings is 1. The molecule has 2 unspecified atom stereocenters. The van der Waals surface area contributed by atoms with Gasteiger partial charge in [0.2, 0.25) is 5.91 Å². The van der Waals surface area contributed by atoms with E-state index in [2.05, 4.69) is 27.3 Å². The van der Waals surface area contributed by atoms with Gasteiger partial charge in [0, 0.05) is 5.92 Å². The fourth-order valence-electron chi connectivity index (χ4n) is 3.23. The van der Waals surface area contributed by atoms with Gasteiger partial charge in [-0.3, -0.25) is 4.79 Å². The number of ether oxygens (including phenoxy) is 2. The van der Waals surface area contributed by atoms with Crippen LogP contribution in [-0.4, -0.2) is 64.9 Å². The van der Waals surface area contributed by atoms with E-state index in [0.29, 0.717) is 18.7 Å². The third-order valence-electron chi connectivity index (χ3n) is 5.27. The molecule has 0 radical (unpaired) electrons. The van der Waals surface area contributed by atoms with Crippen molar-refractivity contribution in [2.75, 3.05) is 13.7 Å². The fraction of sp³-hybridized carbons (Fsp3) is 0.500. The third kappa shape index (κ3) is 11.4. The lowest BCUT2D eigenvalue weighted by Gasteiger charge is -2.20. The average molecular weight is 536 g/mol. The number of alkyl carbamates (subject to hydrolysis) is 1. The Hall–Kier alpha value is -3.93. The Bertz CT molecular complexity index is 1010. The highest BCUT2D eigenvalue weighted by Crippen LogP contribution is 2.19. The predicted molar refractivity (Wildman–Crippen MR) is 136 cm³/mol. The van der Waals surface area contributed by atoms with Crippen molar-refractivity contribution in [3.05, 3.63) is 53.7 Å². The molecular weight excluding hydrogens is 498 g/mol. The van der Waals surface area contributed by atoms with Crippen LogP contribution < -0.4 is 10.6 Å². The van der Waals surface area contributed by atoms with E-state index in [9.17, 15) is 19.2 Å². The summed E-state index contributed by atoms with van der Waals surface area (Å²) in [6, 6.07) is 7.06. The summed E-state index contributed by atoms with van der Waals surface area (Å²) in [6.07, 6.45) is 3.41. The second-order valence-corrected chi connectivity index (χ2v) is 8.38. The lowest BCUT2D eigenvalue weighted by Crippen LogP contribution is -2.53. The normalized spacial score (nSPS) is 12.7. The van der Waals surface area contributed by atoms with Gasteiger partial charge in [-0.2, -0.15) is 0 Å². The van der Waals surface area contributed by atoms with Crippen LogP contribution in [0.1, 0.15) is 74.3 Å². The monoisotopic (exact) mass is 535 g/mol. The van der Waals surface area contributed by atoms with Crippen molar-refractivity contribution in [2.45, 2.75) is 71.1 Å². The van der Waals surface area contributed by atoms with Crippen LogP contribution in [0.5, 0.6) is 0 Å². The first-order chi connectivity index (χ1) is 18.2. The van der Waals surface area contributed by atoms with Crippen LogP contribution in [0, 0.1) is 0 Å². The Morgan fingerprint density at radius 1 is 1.03 bits per heavy atom. The number of esters is 1. The van der Waals surface area contributed by atoms with E-state index in [1.54, 1.807) is 0 Å². The number of carboxylic acid groups (broad SMARTS) is 1. The molecule has 3 atom stereocenters. The molecule has 38 heavy (non-hydrogen) atoms. The minimum absolute atomic E-state index is 0.0158. The molecule has 4 N–H and O–H groups in total. The van der Waals surface area contributed by atoms with Crippen molar-refractivity contribution in [2.24, 2.45) is 0 Å². The predicted octanol–water partition coefficient (Wildman–Crippen LogP) is 3.01. The fourth-order valence-corrected chi connectivity index (χ4v) is 3.23. The van der Waals surface area contributed by atoms with Gasteiger partial charge in [-0.05, 0) is 18.4 Å². The second kappa shape index (κ2) is 17.5. The minimum atomic E-state index is -1.18. The maximum Gasteiger partial charge on any atom is 0.408 e. The van der Waals surface area contributed by atoms with Gasteiger partial charge in [-0.15, -0.1) is 0 Å². The molecule has 2 amide bonds. The number of hydrogen-bond acceptors (Lipinski definition) is 9. The van der Waals surface area contributed by atoms with Gasteiger partial charge >= 0.3 is 18.0 Å². The first kappa shape index (κ1) is 32.1. The van der Waals surface area contributed by atoms with Gasteiger partial charge < -0.3 is 34.7 Å². The number of oxazole rings is 1. The van der Waals surface area contributed by atoms with Crippen LogP contribution in [0.4, 0.5) is 4.79 Å². The highest BCUT2D eigenvalue weighted by atomic mass is 16.5. The van der Waals surface area contributed by atoms with E-state index in [-0.39, 0.29) is 18.2 Å². The summed E-state index contributed by atoms with van der Waals surface area (Å²) in [4.78, 5) is 49.9. The number of carbonyl (C=O) groups excluding carboxylic acids is 3. The van der Waals surface area contributed by atoms with Gasteiger partial charge in [0.15, 0.2) is 17.6 Å². The van der Waals surface area contributed by atoms with Gasteiger partial charge in [0.05, 0.1) is 13.7 Å². The maximum absolute atomic E-state index is 12.2. The first-order valence-corrected chi connectivity index (χ1v) is 12.3. The molecule has 0 saturated carbocycles. The molecule has 0 bridgehead atoms. The number of methoxy groups -OCH3 is 1. The quantitative estimate of drug-likeness (QED) is 0.279. The topological polar surface area (TPSA) is 177 Å². The Morgan fingerprint density at radius 3 is 2.21 bits per heavy atom. The Balaban J connectivity index is 0.000000464. The highest BCUT2D eigenvalue weighted by molar-refractivity contribution is 5.89. The SMILES string of the molecule is CCCC(C)c1nc(C(=O)O)co1.CCC[C@H](NC(=O)OCc1ccccc1)C(=O)NC(CO)C(=O)OC. The van der Waals surface area contributed by atoms with E-state index in [1.807, 2.05) is 44.2 Å². The molecule has 0 aliphatic carbocycles. The smallest absolute Gasteiger partial charge is 0.408 e. The number of aromatic nitrogens is 1. The third-order valence-corrected chi connectivity index (χ3v) is 5.27. The average Bonchev–Trinajstić information content (AvgIpc) is 3.42. The number of carboxylic acids is 1. The highest BCUT2D eigenvalue weighted by Gasteiger charge is 2.26. The van der Waals surface area contributed by atoms with Crippen LogP contribution >= 0.6 is 0 Å². The summed E-state index contributed by atoms with van der Waals surface area (Å²) in [5.74, 6) is -1.70. The van der Waals surface area contributed by atoms with E-state index in [1.165, 1.54) is 6.26 Å². The van der Waals surface area contributed by atoms with E-state index in [0.717, 1.165) is 25.5 Å². The van der Waals surface area contributed by atoms with Crippen molar-refractivity contribution in [3.63, 3.8) is 0 Å². The summed E-state index contributed by atoms with van der Waals surface area (Å²) in [5, 5.41) is 22.6. The van der Waals surface area contributed by atoms with Crippen LogP contribution in [-0.2, 0) is 25.7 Å². The molecule has 0 aliphatic rings. The molecule has 0 aliphatic heterocycles. The van der Waals surface area contributed by atoms with E-state index >= 15 is 0 Å². The van der Waals surface area contributed by atoms with E-state index < -0.39 is 42.6 Å². The summed E-state index contributed by atoms with van der Waals surface area (Å²) in [6.45, 7) is 5.36. The zero-order valence-electron chi connectivity index (χ0n) is 22.1. The summed E-state index contributed by atoms with van der Waals surface area (Å²) in [5.41, 5.74) is 0.804. The van der Waals surface area contributed by atoms with Crippen LogP contribution in [0.15, 0.2) is 41.0 Å². The molecular formula is C26H37N3O9. The molecule has 0 spiro atoms. The second-order valence-electron chi connectivity index (χ2n) is 8.38. The number of hydrogen-bond donors (Lipinski definition) is 4. The Morgan fingerprint density at radius 2 is 1.68 bits per heavy atom. The summed E-state index contributed by atoms with van der Waals surface area (Å²) < 4.78 is 14.6. The number of carbonyl (C=O) groups is 4. The first-order valence-electron chi connectivity index (χ1n) is 12.3. The largest absolute Gasteiger partial charge is 0.476 e. The van der Waals surface area contributed by atoms with Crippen LogP contribution in [0.3, 0.4) is 0 Å². The van der Waals surface area contributed by atoms with Crippen LogP contribution in [0.25, 0.3) is 0 Å². The van der Waals surface area contributed by atoms with Crippen molar-refractivity contribution < 1.29 is 43.3 Å². The maximum atomic E-state index is 12.2. The molecule has 1 aromatic carbocycles. The molecule has 12 heteroatoms. The molecule has 1 aromatic heterocycles. The number of aliphatic hydroxyl groups excluding tert-OH is 1. The minimum Gasteiger partial charge on any atom is -0.476 e. The number of nitrogens with one attached hydrogen (secondary N) is 2. The molecule has 210 valence electrons. The van der Waals surface area contributed by atoms with Crippen molar-refractivity contribution in [3.8, 4) is 0 Å². The number of rotatable bonds is 13. The Kier molecular flexibility index (Phi) is 14.8. The number of aromatic carboxylic acids is 1. The molecule has 1 heterocycles. The number of amides is 2. The molecule has 0 saturated heterocycles. The van der Waals surface area contributed by atoms with E-state index in [4.69, 9.17) is 19.4 Å². The standard InChI is InChI=1S/C17H24N2O6.C9H13NO3/c1-3-7-13(15(21)18-14(10-20)16(22)24-2)19-17(23)25-11-12-8-5-4-6-9-12;1-3-4-6(2)8-10-7(5-13-8)9(11)12/h4-6,8-9,13-14,20H,3,7,10-11H2,1-2H3,(H,18,21)(H,19,23);5-6H,3-4H2,1-2H3,(H,11,12)/t13-,14?;/m0./s1. The number of nitrogens with zero attached hydrogens (tertiary/aromatic N) is 1. The number of aliphatic hydroxyl groups is 1. The Labute approximate surface area is 221 Å². The van der Waals surface area contributed by atoms with Gasteiger partial charge in [-0.1, -0.05) is 63.9 Å². The van der Waals surface area contributed by atoms with Crippen molar-refractivity contribution >= 4 is 23.9 Å².